The fourth-order valence-electron chi connectivity index (χ4n) is 3.37. The van der Waals surface area contributed by atoms with Gasteiger partial charge in [-0.3, -0.25) is 0 Å². The highest BCUT2D eigenvalue weighted by Crippen LogP contribution is 2.34. The van der Waals surface area contributed by atoms with E-state index >= 15 is 0 Å². The molecule has 1 aliphatic heterocycles. The minimum atomic E-state index is -0.342. The number of fused-ring (bicyclic) bond motifs is 1. The molecule has 1 unspecified atom stereocenters. The molecular formula is C22H23N5. The Labute approximate surface area is 159 Å². The molecule has 136 valence electrons. The lowest BCUT2D eigenvalue weighted by Gasteiger charge is -2.31. The zero-order chi connectivity index (χ0) is 18.8. The molecule has 4 rings (SSSR count). The normalized spacial score (nSPS) is 16.0. The summed E-state index contributed by atoms with van der Waals surface area (Å²) in [5, 5.41) is 0. The van der Waals surface area contributed by atoms with Crippen molar-refractivity contribution in [2.24, 2.45) is 16.5 Å². The number of hydrogen-bond donors (Lipinski definition) is 2. The lowest BCUT2D eigenvalue weighted by atomic mass is 9.96. The number of hydrogen-bond acceptors (Lipinski definition) is 5. The van der Waals surface area contributed by atoms with Gasteiger partial charge >= 0.3 is 0 Å². The molecule has 0 bridgehead atoms. The van der Waals surface area contributed by atoms with Crippen molar-refractivity contribution in [3.8, 4) is 11.3 Å². The fourth-order valence-corrected chi connectivity index (χ4v) is 3.37. The summed E-state index contributed by atoms with van der Waals surface area (Å²) >= 11 is 0. The number of rotatable bonds is 4. The number of benzene rings is 2. The van der Waals surface area contributed by atoms with E-state index in [1.54, 1.807) is 4.90 Å². The maximum Gasteiger partial charge on any atom is 0.199 e. The molecule has 0 radical (unpaired) electrons. The molecule has 1 atom stereocenters. The van der Waals surface area contributed by atoms with Crippen LogP contribution in [0.15, 0.2) is 71.7 Å². The standard InChI is InChI=1S/C22H23N5/c1-27-20(23)18-14-17(13-12-15-8-4-2-5-9-15)19(16-10-6-3-7-11-16)25-21(18)26-22(27)24/h2-11,14,20H,12-13,23H2,1H3,(H2,24,25,26). The lowest BCUT2D eigenvalue weighted by molar-refractivity contribution is 0.374. The molecular weight excluding hydrogens is 334 g/mol. The first-order chi connectivity index (χ1) is 13.1. The van der Waals surface area contributed by atoms with Gasteiger partial charge in [-0.2, -0.15) is 4.99 Å². The van der Waals surface area contributed by atoms with Gasteiger partial charge in [-0.1, -0.05) is 60.7 Å². The Morgan fingerprint density at radius 2 is 1.63 bits per heavy atom. The van der Waals surface area contributed by atoms with Gasteiger partial charge in [-0.05, 0) is 30.0 Å². The number of nitrogens with zero attached hydrogens (tertiary/aromatic N) is 3. The highest BCUT2D eigenvalue weighted by Gasteiger charge is 2.25. The van der Waals surface area contributed by atoms with E-state index in [1.807, 2.05) is 31.3 Å². The van der Waals surface area contributed by atoms with Crippen LogP contribution in [0.3, 0.4) is 0 Å². The number of aliphatic imine (C=N–C) groups is 1. The highest BCUT2D eigenvalue weighted by molar-refractivity contribution is 5.84. The van der Waals surface area contributed by atoms with Gasteiger partial charge in [0.15, 0.2) is 11.8 Å². The number of guanidine groups is 1. The molecule has 0 aliphatic carbocycles. The smallest absolute Gasteiger partial charge is 0.199 e. The van der Waals surface area contributed by atoms with Crippen molar-refractivity contribution >= 4 is 11.8 Å². The van der Waals surface area contributed by atoms with Crippen molar-refractivity contribution in [2.45, 2.75) is 19.0 Å². The summed E-state index contributed by atoms with van der Waals surface area (Å²) in [6.45, 7) is 0. The number of nitrogens with two attached hydrogens (primary N) is 2. The molecule has 0 spiro atoms. The van der Waals surface area contributed by atoms with Gasteiger partial charge in [-0.15, -0.1) is 0 Å². The van der Waals surface area contributed by atoms with Crippen molar-refractivity contribution in [1.29, 1.82) is 0 Å². The van der Waals surface area contributed by atoms with Crippen LogP contribution in [0.1, 0.15) is 22.9 Å². The summed E-state index contributed by atoms with van der Waals surface area (Å²) in [7, 11) is 1.85. The van der Waals surface area contributed by atoms with Crippen LogP contribution in [0.4, 0.5) is 5.82 Å². The first kappa shape index (κ1) is 17.2. The van der Waals surface area contributed by atoms with E-state index in [2.05, 4.69) is 47.5 Å². The Balaban J connectivity index is 1.78. The topological polar surface area (TPSA) is 80.5 Å². The molecule has 1 aromatic heterocycles. The molecule has 5 nitrogen and oxygen atoms in total. The van der Waals surface area contributed by atoms with Crippen LogP contribution in [0.25, 0.3) is 11.3 Å². The van der Waals surface area contributed by atoms with Crippen molar-refractivity contribution < 1.29 is 0 Å². The second-order valence-corrected chi connectivity index (χ2v) is 6.79. The summed E-state index contributed by atoms with van der Waals surface area (Å²) < 4.78 is 0. The van der Waals surface area contributed by atoms with Crippen molar-refractivity contribution in [3.63, 3.8) is 0 Å². The first-order valence-electron chi connectivity index (χ1n) is 9.09. The van der Waals surface area contributed by atoms with Gasteiger partial charge in [0.2, 0.25) is 0 Å². The fraction of sp³-hybridized carbons (Fsp3) is 0.182. The van der Waals surface area contributed by atoms with Crippen LogP contribution < -0.4 is 11.5 Å². The summed E-state index contributed by atoms with van der Waals surface area (Å²) in [4.78, 5) is 11.1. The third kappa shape index (κ3) is 3.41. The third-order valence-electron chi connectivity index (χ3n) is 5.00. The van der Waals surface area contributed by atoms with E-state index in [0.29, 0.717) is 11.8 Å². The second-order valence-electron chi connectivity index (χ2n) is 6.79. The van der Waals surface area contributed by atoms with Gasteiger partial charge < -0.3 is 16.4 Å². The van der Waals surface area contributed by atoms with Gasteiger partial charge in [0.1, 0.15) is 6.17 Å². The van der Waals surface area contributed by atoms with Crippen molar-refractivity contribution in [2.75, 3.05) is 7.05 Å². The number of aryl methyl sites for hydroxylation is 2. The van der Waals surface area contributed by atoms with Gasteiger partial charge in [0, 0.05) is 18.2 Å². The lowest BCUT2D eigenvalue weighted by Crippen LogP contribution is -2.43. The van der Waals surface area contributed by atoms with Crippen LogP contribution in [-0.2, 0) is 12.8 Å². The van der Waals surface area contributed by atoms with E-state index in [4.69, 9.17) is 16.5 Å². The molecule has 5 heteroatoms. The molecule has 2 heterocycles. The molecule has 3 aromatic rings. The van der Waals surface area contributed by atoms with Gasteiger partial charge in [-0.25, -0.2) is 4.98 Å². The summed E-state index contributed by atoms with van der Waals surface area (Å²) in [6, 6.07) is 22.8. The van der Waals surface area contributed by atoms with E-state index < -0.39 is 0 Å². The zero-order valence-corrected chi connectivity index (χ0v) is 15.3. The first-order valence-corrected chi connectivity index (χ1v) is 9.09. The molecule has 2 aromatic carbocycles. The van der Waals surface area contributed by atoms with Crippen molar-refractivity contribution in [1.82, 2.24) is 9.88 Å². The van der Waals surface area contributed by atoms with Crippen LogP contribution >= 0.6 is 0 Å². The zero-order valence-electron chi connectivity index (χ0n) is 15.3. The predicted molar refractivity (Wildman–Crippen MR) is 109 cm³/mol. The van der Waals surface area contributed by atoms with Gasteiger partial charge in [0.05, 0.1) is 5.69 Å². The maximum absolute atomic E-state index is 6.37. The Kier molecular flexibility index (Phi) is 4.60. The largest absolute Gasteiger partial charge is 0.369 e. The number of pyridine rings is 1. The van der Waals surface area contributed by atoms with Crippen LogP contribution in [0.2, 0.25) is 0 Å². The second kappa shape index (κ2) is 7.21. The SMILES string of the molecule is CN1C(N)=Nc2nc(-c3ccccc3)c(CCc3ccccc3)cc2C1N. The monoisotopic (exact) mass is 357 g/mol. The molecule has 0 amide bonds. The summed E-state index contributed by atoms with van der Waals surface area (Å²) in [5.41, 5.74) is 17.8. The van der Waals surface area contributed by atoms with E-state index in [1.165, 1.54) is 11.1 Å². The third-order valence-corrected chi connectivity index (χ3v) is 5.00. The minimum absolute atomic E-state index is 0.342. The number of aromatic nitrogens is 1. The summed E-state index contributed by atoms with van der Waals surface area (Å²) in [5.74, 6) is 0.999. The molecule has 0 saturated heterocycles. The molecule has 1 aliphatic rings. The Morgan fingerprint density at radius 3 is 2.33 bits per heavy atom. The Hall–Kier alpha value is -3.18. The van der Waals surface area contributed by atoms with Crippen LogP contribution in [-0.4, -0.2) is 22.9 Å². The van der Waals surface area contributed by atoms with Crippen LogP contribution in [0.5, 0.6) is 0 Å². The predicted octanol–water partition coefficient (Wildman–Crippen LogP) is 3.38. The van der Waals surface area contributed by atoms with E-state index in [-0.39, 0.29) is 6.17 Å². The van der Waals surface area contributed by atoms with Crippen LogP contribution in [0, 0.1) is 0 Å². The Bertz CT molecular complexity index is 967. The van der Waals surface area contributed by atoms with E-state index in [9.17, 15) is 0 Å². The molecule has 27 heavy (non-hydrogen) atoms. The molecule has 4 N–H and O–H groups in total. The maximum atomic E-state index is 6.37. The van der Waals surface area contributed by atoms with E-state index in [0.717, 1.165) is 29.7 Å². The molecule has 0 fully saturated rings. The average Bonchev–Trinajstić information content (AvgIpc) is 2.72. The summed E-state index contributed by atoms with van der Waals surface area (Å²) in [6.07, 6.45) is 1.48. The highest BCUT2D eigenvalue weighted by atomic mass is 15.3. The minimum Gasteiger partial charge on any atom is -0.369 e. The average molecular weight is 357 g/mol. The quantitative estimate of drug-likeness (QED) is 0.750. The molecule has 0 saturated carbocycles. The Morgan fingerprint density at radius 1 is 0.963 bits per heavy atom. The van der Waals surface area contributed by atoms with Gasteiger partial charge in [0.25, 0.3) is 0 Å². The van der Waals surface area contributed by atoms with Crippen molar-refractivity contribution in [3.05, 3.63) is 83.4 Å².